The van der Waals surface area contributed by atoms with Crippen molar-refractivity contribution in [1.82, 2.24) is 20.0 Å². The molecule has 0 unspecified atom stereocenters. The van der Waals surface area contributed by atoms with Crippen LogP contribution in [-0.4, -0.2) is 58.5 Å². The number of carbonyl (C=O) groups excluding carboxylic acids is 1. The molecule has 0 radical (unpaired) electrons. The molecule has 0 aliphatic heterocycles. The fourth-order valence-electron chi connectivity index (χ4n) is 5.44. The van der Waals surface area contributed by atoms with Gasteiger partial charge in [-0.05, 0) is 24.7 Å². The number of fused-ring (bicyclic) bond motifs is 3. The van der Waals surface area contributed by atoms with Crippen LogP contribution in [0.2, 0.25) is 0 Å². The van der Waals surface area contributed by atoms with Crippen LogP contribution in [0, 0.1) is 0 Å². The summed E-state index contributed by atoms with van der Waals surface area (Å²) < 4.78 is 7.55. The number of aromatic nitrogens is 3. The van der Waals surface area contributed by atoms with E-state index in [2.05, 4.69) is 24.1 Å². The zero-order chi connectivity index (χ0) is 31.2. The van der Waals surface area contributed by atoms with Gasteiger partial charge in [-0.1, -0.05) is 116 Å². The number of para-hydroxylation sites is 1. The molecule has 0 spiro atoms. The number of benzene rings is 1. The summed E-state index contributed by atoms with van der Waals surface area (Å²) in [7, 11) is 0. The first-order chi connectivity index (χ1) is 21.7. The molecule has 0 fully saturated rings. The molecular formula is C35H57N5O3S. The number of hydrogen-bond acceptors (Lipinski definition) is 7. The third-order valence-electron chi connectivity index (χ3n) is 7.94. The van der Waals surface area contributed by atoms with Crippen LogP contribution in [0.1, 0.15) is 116 Å². The van der Waals surface area contributed by atoms with Crippen molar-refractivity contribution in [3.63, 3.8) is 0 Å². The zero-order valence-corrected chi connectivity index (χ0v) is 28.2. The number of rotatable bonds is 26. The third-order valence-corrected chi connectivity index (χ3v) is 8.98. The molecule has 0 aliphatic rings. The molecule has 0 aliphatic carbocycles. The molecule has 8 nitrogen and oxygen atoms in total. The van der Waals surface area contributed by atoms with Crippen molar-refractivity contribution >= 4 is 45.4 Å². The van der Waals surface area contributed by atoms with E-state index >= 15 is 0 Å². The number of pyridine rings is 1. The van der Waals surface area contributed by atoms with E-state index in [1.54, 1.807) is 11.8 Å². The summed E-state index contributed by atoms with van der Waals surface area (Å²) in [6, 6.07) is 7.90. The van der Waals surface area contributed by atoms with Crippen LogP contribution in [0.15, 0.2) is 24.3 Å². The molecule has 0 atom stereocenters. The van der Waals surface area contributed by atoms with Crippen LogP contribution >= 0.6 is 11.8 Å². The minimum Gasteiger partial charge on any atom is -0.410 e. The summed E-state index contributed by atoms with van der Waals surface area (Å²) in [5, 5.41) is 3.92. The van der Waals surface area contributed by atoms with E-state index in [1.807, 2.05) is 29.0 Å². The molecule has 1 aromatic carbocycles. The molecule has 3 rings (SSSR count). The van der Waals surface area contributed by atoms with Gasteiger partial charge in [-0.25, -0.2) is 9.97 Å². The Balaban J connectivity index is 1.21. The number of unbranched alkanes of at least 4 members (excludes halogenated alkanes) is 13. The summed E-state index contributed by atoms with van der Waals surface area (Å²) in [5.74, 6) is 2.90. The van der Waals surface area contributed by atoms with E-state index in [0.29, 0.717) is 43.5 Å². The SMILES string of the molecule is CCCCCCCCCCCCCCCSCC(=O)NCCOCCOn1c(CCCC)nc2c(N)nc3ccccc3c21. The van der Waals surface area contributed by atoms with E-state index in [1.165, 1.54) is 83.5 Å². The van der Waals surface area contributed by atoms with Crippen LogP contribution in [0.3, 0.4) is 0 Å². The number of nitrogens with two attached hydrogens (primary N) is 1. The number of aryl methyl sites for hydroxylation is 1. The Morgan fingerprint density at radius 2 is 1.50 bits per heavy atom. The number of hydrogen-bond donors (Lipinski definition) is 2. The van der Waals surface area contributed by atoms with Crippen molar-refractivity contribution in [3.8, 4) is 0 Å². The highest BCUT2D eigenvalue weighted by molar-refractivity contribution is 7.99. The van der Waals surface area contributed by atoms with Gasteiger partial charge in [-0.2, -0.15) is 16.5 Å². The molecular weight excluding hydrogens is 570 g/mol. The Hall–Kier alpha value is -2.52. The fraction of sp³-hybridized carbons (Fsp3) is 0.686. The molecule has 9 heteroatoms. The second-order valence-electron chi connectivity index (χ2n) is 11.7. The van der Waals surface area contributed by atoms with Gasteiger partial charge in [0.05, 0.1) is 24.5 Å². The van der Waals surface area contributed by atoms with Crippen LogP contribution < -0.4 is 15.9 Å². The van der Waals surface area contributed by atoms with Gasteiger partial charge < -0.3 is 20.6 Å². The molecule has 0 saturated heterocycles. The zero-order valence-electron chi connectivity index (χ0n) is 27.4. The maximum absolute atomic E-state index is 12.2. The summed E-state index contributed by atoms with van der Waals surface area (Å²) in [6.45, 7) is 6.16. The van der Waals surface area contributed by atoms with Gasteiger partial charge in [-0.15, -0.1) is 0 Å². The number of ether oxygens (including phenoxy) is 1. The lowest BCUT2D eigenvalue weighted by molar-refractivity contribution is -0.118. The van der Waals surface area contributed by atoms with Gasteiger partial charge in [0.15, 0.2) is 5.82 Å². The molecule has 1 amide bonds. The summed E-state index contributed by atoms with van der Waals surface area (Å²) in [5.41, 5.74) is 8.60. The highest BCUT2D eigenvalue weighted by atomic mass is 32.2. The Bertz CT molecular complexity index is 1220. The monoisotopic (exact) mass is 627 g/mol. The molecule has 246 valence electrons. The van der Waals surface area contributed by atoms with Crippen LogP contribution in [-0.2, 0) is 16.0 Å². The van der Waals surface area contributed by atoms with Gasteiger partial charge in [0, 0.05) is 18.4 Å². The van der Waals surface area contributed by atoms with Crippen LogP contribution in [0.4, 0.5) is 5.82 Å². The maximum Gasteiger partial charge on any atom is 0.230 e. The number of nitrogens with zero attached hydrogens (tertiary/aromatic N) is 3. The standard InChI is InChI=1S/C35H57N5O3S/c1-3-5-7-8-9-10-11-12-13-14-15-16-19-27-44-28-32(41)37-23-24-42-25-26-43-40-31(22-6-4-2)39-33-34(40)29-20-17-18-21-30(29)38-35(33)36/h17-18,20-21H,3-16,19,22-28H2,1-2H3,(H2,36,38)(H,37,41). The van der Waals surface area contributed by atoms with E-state index in [0.717, 1.165) is 47.3 Å². The molecule has 3 aromatic rings. The Morgan fingerprint density at radius 1 is 0.841 bits per heavy atom. The topological polar surface area (TPSA) is 104 Å². The molecule has 2 aromatic heterocycles. The van der Waals surface area contributed by atoms with Crippen molar-refractivity contribution in [2.24, 2.45) is 0 Å². The van der Waals surface area contributed by atoms with Gasteiger partial charge in [0.1, 0.15) is 23.5 Å². The lowest BCUT2D eigenvalue weighted by Crippen LogP contribution is -2.29. The van der Waals surface area contributed by atoms with E-state index in [-0.39, 0.29) is 5.91 Å². The Labute approximate surface area is 269 Å². The normalized spacial score (nSPS) is 11.5. The van der Waals surface area contributed by atoms with Crippen LogP contribution in [0.25, 0.3) is 21.9 Å². The van der Waals surface area contributed by atoms with Crippen molar-refractivity contribution in [2.75, 3.05) is 43.6 Å². The fourth-order valence-corrected chi connectivity index (χ4v) is 6.28. The van der Waals surface area contributed by atoms with Gasteiger partial charge in [-0.3, -0.25) is 4.79 Å². The average Bonchev–Trinajstić information content (AvgIpc) is 3.40. The maximum atomic E-state index is 12.2. The summed E-state index contributed by atoms with van der Waals surface area (Å²) in [6.07, 6.45) is 20.6. The summed E-state index contributed by atoms with van der Waals surface area (Å²) in [4.78, 5) is 27.6. The largest absolute Gasteiger partial charge is 0.410 e. The second kappa shape index (κ2) is 22.1. The minimum atomic E-state index is 0.0769. The molecule has 0 saturated carbocycles. The second-order valence-corrected chi connectivity index (χ2v) is 12.8. The van der Waals surface area contributed by atoms with Gasteiger partial charge in [0.25, 0.3) is 0 Å². The smallest absolute Gasteiger partial charge is 0.230 e. The van der Waals surface area contributed by atoms with E-state index in [4.69, 9.17) is 20.3 Å². The lowest BCUT2D eigenvalue weighted by atomic mass is 10.1. The predicted molar refractivity (Wildman–Crippen MR) is 186 cm³/mol. The number of anilines is 1. The number of imidazole rings is 1. The molecule has 0 bridgehead atoms. The highest BCUT2D eigenvalue weighted by Crippen LogP contribution is 2.28. The van der Waals surface area contributed by atoms with Crippen molar-refractivity contribution < 1.29 is 14.4 Å². The summed E-state index contributed by atoms with van der Waals surface area (Å²) >= 11 is 1.73. The first kappa shape index (κ1) is 36.0. The van der Waals surface area contributed by atoms with Crippen molar-refractivity contribution in [3.05, 3.63) is 30.1 Å². The van der Waals surface area contributed by atoms with E-state index < -0.39 is 0 Å². The number of thioether (sulfide) groups is 1. The van der Waals surface area contributed by atoms with Crippen LogP contribution in [0.5, 0.6) is 0 Å². The van der Waals surface area contributed by atoms with Crippen molar-refractivity contribution in [1.29, 1.82) is 0 Å². The number of amides is 1. The first-order valence-electron chi connectivity index (χ1n) is 17.3. The number of nitrogens with one attached hydrogen (secondary N) is 1. The minimum absolute atomic E-state index is 0.0769. The molecule has 44 heavy (non-hydrogen) atoms. The number of nitrogen functional groups attached to an aromatic ring is 1. The van der Waals surface area contributed by atoms with Gasteiger partial charge >= 0.3 is 0 Å². The molecule has 2 heterocycles. The predicted octanol–water partition coefficient (Wildman–Crippen LogP) is 7.90. The van der Waals surface area contributed by atoms with Crippen molar-refractivity contribution in [2.45, 2.75) is 117 Å². The van der Waals surface area contributed by atoms with E-state index in [9.17, 15) is 4.79 Å². The quantitative estimate of drug-likeness (QED) is 0.0872. The molecule has 3 N–H and O–H groups in total. The Kier molecular flexibility index (Phi) is 18.0. The third kappa shape index (κ3) is 12.8. The Morgan fingerprint density at radius 3 is 2.20 bits per heavy atom. The highest BCUT2D eigenvalue weighted by Gasteiger charge is 2.18. The first-order valence-corrected chi connectivity index (χ1v) is 18.4. The average molecular weight is 628 g/mol. The van der Waals surface area contributed by atoms with Gasteiger partial charge in [0.2, 0.25) is 5.91 Å². The number of carbonyl (C=O) groups is 1. The lowest BCUT2D eigenvalue weighted by Gasteiger charge is -2.12.